The van der Waals surface area contributed by atoms with Gasteiger partial charge in [0.05, 0.1) is 7.11 Å². The smallest absolute Gasteiger partial charge is 0.352 e. The second-order valence-electron chi connectivity index (χ2n) is 4.14. The van der Waals surface area contributed by atoms with Crippen LogP contribution in [0.15, 0.2) is 36.5 Å². The van der Waals surface area contributed by atoms with Gasteiger partial charge in [-0.25, -0.2) is 4.79 Å². The van der Waals surface area contributed by atoms with E-state index in [2.05, 4.69) is 22.6 Å². The number of hydrogen-bond acceptors (Lipinski definition) is 2. The molecule has 5 heteroatoms. The molecule has 1 heterocycles. The largest absolute Gasteiger partial charge is 0.497 e. The van der Waals surface area contributed by atoms with Crippen LogP contribution in [0.2, 0.25) is 0 Å². The molecule has 2 rings (SSSR count). The number of aryl methyl sites for hydroxylation is 2. The van der Waals surface area contributed by atoms with E-state index in [-0.39, 0.29) is 0 Å². The van der Waals surface area contributed by atoms with Crippen LogP contribution in [0.3, 0.4) is 0 Å². The Morgan fingerprint density at radius 1 is 1.37 bits per heavy atom. The van der Waals surface area contributed by atoms with Gasteiger partial charge in [0.15, 0.2) is 0 Å². The number of methoxy groups -OCH3 is 1. The standard InChI is InChI=1S/C14H14INO3/c1-19-12-4-2-10(3-5-12)6-7-16-9-11(15)8-13(16)14(17)18/h2-5,8-9H,6-7H2,1H3,(H,17,18). The van der Waals surface area contributed by atoms with Crippen molar-refractivity contribution in [3.8, 4) is 5.75 Å². The molecule has 1 aromatic carbocycles. The summed E-state index contributed by atoms with van der Waals surface area (Å²) in [7, 11) is 1.63. The summed E-state index contributed by atoms with van der Waals surface area (Å²) in [5, 5.41) is 9.10. The van der Waals surface area contributed by atoms with Gasteiger partial charge in [0.1, 0.15) is 11.4 Å². The van der Waals surface area contributed by atoms with Crippen molar-refractivity contribution in [2.75, 3.05) is 7.11 Å². The van der Waals surface area contributed by atoms with Crippen molar-refractivity contribution in [1.82, 2.24) is 4.57 Å². The highest BCUT2D eigenvalue weighted by Crippen LogP contribution is 2.15. The van der Waals surface area contributed by atoms with Crippen LogP contribution in [0.4, 0.5) is 0 Å². The van der Waals surface area contributed by atoms with Crippen LogP contribution in [0, 0.1) is 3.57 Å². The molecular formula is C14H14INO3. The summed E-state index contributed by atoms with van der Waals surface area (Å²) in [4.78, 5) is 11.1. The Balaban J connectivity index is 2.07. The predicted molar refractivity (Wildman–Crippen MR) is 80.8 cm³/mol. The SMILES string of the molecule is COc1ccc(CCn2cc(I)cc2C(=O)O)cc1. The lowest BCUT2D eigenvalue weighted by Gasteiger charge is -2.07. The van der Waals surface area contributed by atoms with E-state index >= 15 is 0 Å². The first-order valence-electron chi connectivity index (χ1n) is 5.82. The summed E-state index contributed by atoms with van der Waals surface area (Å²) in [5.41, 5.74) is 1.48. The fraction of sp³-hybridized carbons (Fsp3) is 0.214. The van der Waals surface area contributed by atoms with Crippen molar-refractivity contribution in [1.29, 1.82) is 0 Å². The van der Waals surface area contributed by atoms with Crippen molar-refractivity contribution in [2.24, 2.45) is 0 Å². The normalized spacial score (nSPS) is 10.4. The van der Waals surface area contributed by atoms with Crippen LogP contribution in [0.25, 0.3) is 0 Å². The minimum Gasteiger partial charge on any atom is -0.497 e. The topological polar surface area (TPSA) is 51.5 Å². The predicted octanol–water partition coefficient (Wildman–Crippen LogP) is 3.04. The van der Waals surface area contributed by atoms with Gasteiger partial charge in [0.25, 0.3) is 0 Å². The highest BCUT2D eigenvalue weighted by molar-refractivity contribution is 14.1. The van der Waals surface area contributed by atoms with Crippen LogP contribution < -0.4 is 4.74 Å². The second-order valence-corrected chi connectivity index (χ2v) is 5.39. The van der Waals surface area contributed by atoms with E-state index in [0.717, 1.165) is 21.3 Å². The number of carbonyl (C=O) groups is 1. The van der Waals surface area contributed by atoms with Crippen LogP contribution in [-0.4, -0.2) is 22.8 Å². The molecule has 2 aromatic rings. The summed E-state index contributed by atoms with van der Waals surface area (Å²) in [6.45, 7) is 0.650. The maximum Gasteiger partial charge on any atom is 0.352 e. The Morgan fingerprint density at radius 2 is 2.05 bits per heavy atom. The van der Waals surface area contributed by atoms with E-state index < -0.39 is 5.97 Å². The molecule has 1 aromatic heterocycles. The fourth-order valence-electron chi connectivity index (χ4n) is 1.88. The van der Waals surface area contributed by atoms with Gasteiger partial charge < -0.3 is 14.4 Å². The molecule has 0 fully saturated rings. The molecule has 0 aliphatic rings. The molecular weight excluding hydrogens is 357 g/mol. The fourth-order valence-corrected chi connectivity index (χ4v) is 2.51. The van der Waals surface area contributed by atoms with Gasteiger partial charge in [-0.15, -0.1) is 0 Å². The maximum atomic E-state index is 11.1. The van der Waals surface area contributed by atoms with E-state index in [1.807, 2.05) is 30.5 Å². The number of benzene rings is 1. The average molecular weight is 371 g/mol. The second kappa shape index (κ2) is 6.10. The lowest BCUT2D eigenvalue weighted by atomic mass is 10.1. The number of aromatic nitrogens is 1. The molecule has 0 amide bonds. The van der Waals surface area contributed by atoms with E-state index in [1.165, 1.54) is 0 Å². The zero-order valence-electron chi connectivity index (χ0n) is 10.5. The molecule has 0 unspecified atom stereocenters. The molecule has 0 atom stereocenters. The Hall–Kier alpha value is -1.50. The molecule has 19 heavy (non-hydrogen) atoms. The summed E-state index contributed by atoms with van der Waals surface area (Å²) >= 11 is 2.12. The molecule has 0 aliphatic carbocycles. The first kappa shape index (κ1) is 13.9. The zero-order chi connectivity index (χ0) is 13.8. The number of hydrogen-bond donors (Lipinski definition) is 1. The monoisotopic (exact) mass is 371 g/mol. The Labute approximate surface area is 125 Å². The maximum absolute atomic E-state index is 11.1. The number of halogens is 1. The number of rotatable bonds is 5. The van der Waals surface area contributed by atoms with E-state index in [1.54, 1.807) is 17.7 Å². The van der Waals surface area contributed by atoms with Gasteiger partial charge in [-0.1, -0.05) is 12.1 Å². The number of carboxylic acids is 1. The summed E-state index contributed by atoms with van der Waals surface area (Å²) in [5.74, 6) is -0.0665. The number of aromatic carboxylic acids is 1. The van der Waals surface area contributed by atoms with E-state index in [4.69, 9.17) is 9.84 Å². The number of carboxylic acid groups (broad SMARTS) is 1. The quantitative estimate of drug-likeness (QED) is 0.823. The third-order valence-electron chi connectivity index (χ3n) is 2.88. The van der Waals surface area contributed by atoms with Crippen LogP contribution in [0.1, 0.15) is 16.1 Å². The first-order chi connectivity index (χ1) is 9.10. The summed E-state index contributed by atoms with van der Waals surface area (Å²) in [6.07, 6.45) is 2.64. The number of ether oxygens (including phenoxy) is 1. The molecule has 100 valence electrons. The van der Waals surface area contributed by atoms with Gasteiger partial charge in [-0.2, -0.15) is 0 Å². The molecule has 0 radical (unpaired) electrons. The third-order valence-corrected chi connectivity index (χ3v) is 3.47. The molecule has 0 saturated carbocycles. The van der Waals surface area contributed by atoms with Crippen LogP contribution in [-0.2, 0) is 13.0 Å². The van der Waals surface area contributed by atoms with Crippen molar-refractivity contribution in [3.05, 3.63) is 51.4 Å². The average Bonchev–Trinajstić information content (AvgIpc) is 2.78. The van der Waals surface area contributed by atoms with Crippen LogP contribution in [0.5, 0.6) is 5.75 Å². The molecule has 0 spiro atoms. The molecule has 0 saturated heterocycles. The van der Waals surface area contributed by atoms with Gasteiger partial charge >= 0.3 is 5.97 Å². The van der Waals surface area contributed by atoms with Crippen LogP contribution >= 0.6 is 22.6 Å². The minimum absolute atomic E-state index is 0.331. The highest BCUT2D eigenvalue weighted by Gasteiger charge is 2.11. The minimum atomic E-state index is -0.891. The van der Waals surface area contributed by atoms with Gasteiger partial charge in [0, 0.05) is 16.3 Å². The van der Waals surface area contributed by atoms with Crippen molar-refractivity contribution < 1.29 is 14.6 Å². The Kier molecular flexibility index (Phi) is 4.47. The van der Waals surface area contributed by atoms with Gasteiger partial charge in [-0.05, 0) is 52.8 Å². The number of nitrogens with zero attached hydrogens (tertiary/aromatic N) is 1. The zero-order valence-corrected chi connectivity index (χ0v) is 12.6. The van der Waals surface area contributed by atoms with Crippen molar-refractivity contribution in [2.45, 2.75) is 13.0 Å². The van der Waals surface area contributed by atoms with E-state index in [9.17, 15) is 4.79 Å². The lowest BCUT2D eigenvalue weighted by Crippen LogP contribution is -2.09. The summed E-state index contributed by atoms with van der Waals surface area (Å²) < 4.78 is 7.81. The van der Waals surface area contributed by atoms with Gasteiger partial charge in [-0.3, -0.25) is 0 Å². The lowest BCUT2D eigenvalue weighted by molar-refractivity contribution is 0.0685. The molecule has 0 aliphatic heterocycles. The summed E-state index contributed by atoms with van der Waals surface area (Å²) in [6, 6.07) is 9.48. The van der Waals surface area contributed by atoms with E-state index in [0.29, 0.717) is 12.2 Å². The molecule has 0 bridgehead atoms. The third kappa shape index (κ3) is 3.50. The Bertz CT molecular complexity index is 575. The molecule has 4 nitrogen and oxygen atoms in total. The first-order valence-corrected chi connectivity index (χ1v) is 6.90. The van der Waals surface area contributed by atoms with Gasteiger partial charge in [0.2, 0.25) is 0 Å². The molecule has 1 N–H and O–H groups in total. The van der Waals surface area contributed by atoms with Crippen molar-refractivity contribution >= 4 is 28.6 Å². The van der Waals surface area contributed by atoms with Crippen molar-refractivity contribution in [3.63, 3.8) is 0 Å². The highest BCUT2D eigenvalue weighted by atomic mass is 127. The Morgan fingerprint density at radius 3 is 2.63 bits per heavy atom.